The molecular weight excluding hydrogens is 200 g/mol. The molecule has 0 bridgehead atoms. The Kier molecular flexibility index (Phi) is 4.93. The molecule has 0 fully saturated rings. The van der Waals surface area contributed by atoms with E-state index in [9.17, 15) is 0 Å². The molecule has 1 unspecified atom stereocenters. The Labute approximate surface area is 98.2 Å². The Morgan fingerprint density at radius 2 is 1.88 bits per heavy atom. The average molecular weight is 224 g/mol. The largest absolute Gasteiger partial charge is 0.330 e. The fraction of sp³-hybridized carbons (Fsp3) is 0.833. The SMILES string of the molecule is Cc1nnc(CCC(C)CCN)n1C(C)C. The predicted octanol–water partition coefficient (Wildman–Crippen LogP) is 2.08. The summed E-state index contributed by atoms with van der Waals surface area (Å²) >= 11 is 0. The molecule has 1 aromatic heterocycles. The smallest absolute Gasteiger partial charge is 0.133 e. The summed E-state index contributed by atoms with van der Waals surface area (Å²) in [4.78, 5) is 0. The maximum absolute atomic E-state index is 5.55. The summed E-state index contributed by atoms with van der Waals surface area (Å²) in [6.45, 7) is 9.37. The molecule has 0 aromatic carbocycles. The molecule has 0 aliphatic rings. The average Bonchev–Trinajstić information content (AvgIpc) is 2.57. The van der Waals surface area contributed by atoms with E-state index in [1.165, 1.54) is 0 Å². The van der Waals surface area contributed by atoms with Gasteiger partial charge >= 0.3 is 0 Å². The molecule has 0 radical (unpaired) electrons. The molecule has 1 heterocycles. The number of aromatic nitrogens is 3. The quantitative estimate of drug-likeness (QED) is 0.805. The number of hydrogen-bond acceptors (Lipinski definition) is 3. The van der Waals surface area contributed by atoms with E-state index < -0.39 is 0 Å². The molecule has 0 aliphatic heterocycles. The van der Waals surface area contributed by atoms with E-state index in [0.717, 1.165) is 37.5 Å². The van der Waals surface area contributed by atoms with Gasteiger partial charge in [-0.05, 0) is 46.1 Å². The van der Waals surface area contributed by atoms with Gasteiger partial charge in [0, 0.05) is 12.5 Å². The maximum Gasteiger partial charge on any atom is 0.133 e. The van der Waals surface area contributed by atoms with Gasteiger partial charge in [-0.2, -0.15) is 0 Å². The van der Waals surface area contributed by atoms with Gasteiger partial charge in [0.25, 0.3) is 0 Å². The van der Waals surface area contributed by atoms with Crippen LogP contribution in [-0.2, 0) is 6.42 Å². The molecule has 2 N–H and O–H groups in total. The molecule has 1 aromatic rings. The van der Waals surface area contributed by atoms with E-state index in [1.54, 1.807) is 0 Å². The minimum absolute atomic E-state index is 0.440. The molecule has 0 saturated heterocycles. The lowest BCUT2D eigenvalue weighted by Gasteiger charge is -2.14. The van der Waals surface area contributed by atoms with Crippen molar-refractivity contribution in [2.75, 3.05) is 6.54 Å². The zero-order valence-corrected chi connectivity index (χ0v) is 10.9. The van der Waals surface area contributed by atoms with Gasteiger partial charge in [-0.1, -0.05) is 6.92 Å². The summed E-state index contributed by atoms with van der Waals surface area (Å²) in [6, 6.07) is 0.440. The first-order chi connectivity index (χ1) is 7.56. The molecule has 0 amide bonds. The summed E-state index contributed by atoms with van der Waals surface area (Å²) in [7, 11) is 0. The van der Waals surface area contributed by atoms with Crippen molar-refractivity contribution in [2.45, 2.75) is 53.0 Å². The lowest BCUT2D eigenvalue weighted by molar-refractivity contribution is 0.474. The van der Waals surface area contributed by atoms with E-state index in [4.69, 9.17) is 5.73 Å². The topological polar surface area (TPSA) is 56.7 Å². The molecule has 4 heteroatoms. The predicted molar refractivity (Wildman–Crippen MR) is 66.3 cm³/mol. The molecule has 0 spiro atoms. The van der Waals surface area contributed by atoms with Crippen LogP contribution in [0.4, 0.5) is 0 Å². The second-order valence-electron chi connectivity index (χ2n) is 4.85. The van der Waals surface area contributed by atoms with Crippen LogP contribution in [0.2, 0.25) is 0 Å². The fourth-order valence-electron chi connectivity index (χ4n) is 2.06. The number of hydrogen-bond donors (Lipinski definition) is 1. The van der Waals surface area contributed by atoms with Crippen molar-refractivity contribution >= 4 is 0 Å². The zero-order chi connectivity index (χ0) is 12.1. The van der Waals surface area contributed by atoms with Gasteiger partial charge in [-0.3, -0.25) is 0 Å². The Hall–Kier alpha value is -0.900. The van der Waals surface area contributed by atoms with Crippen molar-refractivity contribution in [1.29, 1.82) is 0 Å². The van der Waals surface area contributed by atoms with Gasteiger partial charge in [0.2, 0.25) is 0 Å². The van der Waals surface area contributed by atoms with Crippen molar-refractivity contribution in [3.05, 3.63) is 11.6 Å². The highest BCUT2D eigenvalue weighted by Gasteiger charge is 2.12. The van der Waals surface area contributed by atoms with E-state index >= 15 is 0 Å². The highest BCUT2D eigenvalue weighted by molar-refractivity contribution is 4.96. The van der Waals surface area contributed by atoms with E-state index in [2.05, 4.69) is 35.5 Å². The Bertz CT molecular complexity index is 317. The summed E-state index contributed by atoms with van der Waals surface area (Å²) < 4.78 is 2.22. The van der Waals surface area contributed by atoms with Crippen LogP contribution in [0.15, 0.2) is 0 Å². The van der Waals surface area contributed by atoms with Crippen molar-refractivity contribution in [2.24, 2.45) is 11.7 Å². The molecule has 92 valence electrons. The Morgan fingerprint density at radius 1 is 1.19 bits per heavy atom. The first-order valence-electron chi connectivity index (χ1n) is 6.16. The zero-order valence-electron chi connectivity index (χ0n) is 10.9. The molecule has 4 nitrogen and oxygen atoms in total. The number of rotatable bonds is 6. The van der Waals surface area contributed by atoms with Gasteiger partial charge in [0.1, 0.15) is 11.6 Å². The maximum atomic E-state index is 5.55. The van der Waals surface area contributed by atoms with Crippen molar-refractivity contribution in [1.82, 2.24) is 14.8 Å². The van der Waals surface area contributed by atoms with Crippen LogP contribution >= 0.6 is 0 Å². The first-order valence-corrected chi connectivity index (χ1v) is 6.16. The van der Waals surface area contributed by atoms with Crippen LogP contribution < -0.4 is 5.73 Å². The number of nitrogens with two attached hydrogens (primary N) is 1. The van der Waals surface area contributed by atoms with E-state index in [-0.39, 0.29) is 0 Å². The minimum Gasteiger partial charge on any atom is -0.330 e. The highest BCUT2D eigenvalue weighted by atomic mass is 15.3. The van der Waals surface area contributed by atoms with Crippen LogP contribution in [0.5, 0.6) is 0 Å². The third kappa shape index (κ3) is 3.30. The monoisotopic (exact) mass is 224 g/mol. The first kappa shape index (κ1) is 13.2. The third-order valence-electron chi connectivity index (χ3n) is 2.97. The second kappa shape index (κ2) is 5.99. The van der Waals surface area contributed by atoms with E-state index in [1.807, 2.05) is 6.92 Å². The fourth-order valence-corrected chi connectivity index (χ4v) is 2.06. The minimum atomic E-state index is 0.440. The van der Waals surface area contributed by atoms with Crippen LogP contribution in [0.1, 0.15) is 51.3 Å². The molecular formula is C12H24N4. The normalized spacial score (nSPS) is 13.4. The van der Waals surface area contributed by atoms with Crippen LogP contribution in [0.25, 0.3) is 0 Å². The third-order valence-corrected chi connectivity index (χ3v) is 2.97. The van der Waals surface area contributed by atoms with Crippen LogP contribution in [-0.4, -0.2) is 21.3 Å². The van der Waals surface area contributed by atoms with Crippen LogP contribution in [0.3, 0.4) is 0 Å². The van der Waals surface area contributed by atoms with Gasteiger partial charge in [0.15, 0.2) is 0 Å². The van der Waals surface area contributed by atoms with Crippen molar-refractivity contribution < 1.29 is 0 Å². The van der Waals surface area contributed by atoms with Crippen LogP contribution in [0, 0.1) is 12.8 Å². The Morgan fingerprint density at radius 3 is 2.44 bits per heavy atom. The van der Waals surface area contributed by atoms with Crippen molar-refractivity contribution in [3.8, 4) is 0 Å². The number of aryl methyl sites for hydroxylation is 2. The summed E-state index contributed by atoms with van der Waals surface area (Å²) in [5, 5.41) is 8.40. The summed E-state index contributed by atoms with van der Waals surface area (Å²) in [5.74, 6) is 2.79. The Balaban J connectivity index is 2.60. The number of nitrogens with zero attached hydrogens (tertiary/aromatic N) is 3. The molecule has 16 heavy (non-hydrogen) atoms. The lowest BCUT2D eigenvalue weighted by Crippen LogP contribution is -2.11. The van der Waals surface area contributed by atoms with Gasteiger partial charge in [-0.15, -0.1) is 10.2 Å². The second-order valence-corrected chi connectivity index (χ2v) is 4.85. The molecule has 1 rings (SSSR count). The summed E-state index contributed by atoms with van der Waals surface area (Å²) in [6.07, 6.45) is 3.23. The standard InChI is InChI=1S/C12H24N4/c1-9(2)16-11(4)14-15-12(16)6-5-10(3)7-8-13/h9-10H,5-8,13H2,1-4H3. The van der Waals surface area contributed by atoms with Gasteiger partial charge in [0.05, 0.1) is 0 Å². The van der Waals surface area contributed by atoms with Gasteiger partial charge < -0.3 is 10.3 Å². The highest BCUT2D eigenvalue weighted by Crippen LogP contribution is 2.15. The molecule has 0 saturated carbocycles. The summed E-state index contributed by atoms with van der Waals surface area (Å²) in [5.41, 5.74) is 5.55. The van der Waals surface area contributed by atoms with Crippen molar-refractivity contribution in [3.63, 3.8) is 0 Å². The lowest BCUT2D eigenvalue weighted by atomic mass is 10.0. The molecule has 1 atom stereocenters. The van der Waals surface area contributed by atoms with E-state index in [0.29, 0.717) is 12.0 Å². The molecule has 0 aliphatic carbocycles. The van der Waals surface area contributed by atoms with Gasteiger partial charge in [-0.25, -0.2) is 0 Å².